The minimum absolute atomic E-state index is 0.0176. The first kappa shape index (κ1) is 15.8. The number of hydrogen-bond acceptors (Lipinski definition) is 0. The molecule has 0 saturated carbocycles. The molecule has 0 radical (unpaired) electrons. The highest BCUT2D eigenvalue weighted by Crippen LogP contribution is 2.38. The lowest BCUT2D eigenvalue weighted by atomic mass is 10.2. The Morgan fingerprint density at radius 3 is 1.94 bits per heavy atom. The molecule has 1 aromatic rings. The van der Waals surface area contributed by atoms with E-state index in [2.05, 4.69) is 49.8 Å². The van der Waals surface area contributed by atoms with E-state index in [1.54, 1.807) is 0 Å². The zero-order chi connectivity index (χ0) is 14.4. The van der Waals surface area contributed by atoms with E-state index in [4.69, 9.17) is 0 Å². The summed E-state index contributed by atoms with van der Waals surface area (Å²) in [5.41, 5.74) is -0.579. The van der Waals surface area contributed by atoms with E-state index in [0.29, 0.717) is 0 Å². The Balaban J connectivity index is 3.38. The van der Waals surface area contributed by atoms with Crippen LogP contribution < -0.4 is 5.19 Å². The van der Waals surface area contributed by atoms with E-state index in [-0.39, 0.29) is 9.51 Å². The van der Waals surface area contributed by atoms with Gasteiger partial charge in [-0.25, -0.2) is 0 Å². The van der Waals surface area contributed by atoms with Gasteiger partial charge in [-0.05, 0) is 17.2 Å². The van der Waals surface area contributed by atoms with Crippen LogP contribution in [0.2, 0.25) is 18.1 Å². The van der Waals surface area contributed by atoms with Gasteiger partial charge >= 0.3 is 6.18 Å². The van der Waals surface area contributed by atoms with Crippen LogP contribution in [0, 0.1) is 0 Å². The van der Waals surface area contributed by atoms with Gasteiger partial charge in [0.15, 0.2) is 0 Å². The lowest BCUT2D eigenvalue weighted by molar-refractivity contribution is -0.138. The fraction of sp³-hybridized carbons (Fsp3) is 0.538. The molecule has 0 saturated heterocycles. The molecular weight excluding hydrogens is 321 g/mol. The maximum absolute atomic E-state index is 12.9. The van der Waals surface area contributed by atoms with Crippen LogP contribution >= 0.6 is 15.9 Å². The Kier molecular flexibility index (Phi) is 4.09. The van der Waals surface area contributed by atoms with Gasteiger partial charge in [-0.1, -0.05) is 61.0 Å². The van der Waals surface area contributed by atoms with Gasteiger partial charge in [-0.3, -0.25) is 0 Å². The topological polar surface area (TPSA) is 0 Å². The molecule has 0 nitrogen and oxygen atoms in total. The molecule has 1 rings (SSSR count). The second-order valence-corrected chi connectivity index (χ2v) is 12.2. The van der Waals surface area contributed by atoms with Crippen molar-refractivity contribution >= 4 is 29.2 Å². The molecule has 0 aromatic heterocycles. The molecule has 1 aromatic carbocycles. The largest absolute Gasteiger partial charge is 0.417 e. The maximum atomic E-state index is 12.9. The molecule has 0 aliphatic rings. The highest BCUT2D eigenvalue weighted by atomic mass is 79.9. The van der Waals surface area contributed by atoms with Crippen molar-refractivity contribution in [3.05, 3.63) is 28.2 Å². The van der Waals surface area contributed by atoms with Crippen LogP contribution in [0.25, 0.3) is 0 Å². The quantitative estimate of drug-likeness (QED) is 0.618. The molecule has 0 heterocycles. The van der Waals surface area contributed by atoms with E-state index < -0.39 is 19.8 Å². The van der Waals surface area contributed by atoms with E-state index in [1.165, 1.54) is 12.1 Å². The van der Waals surface area contributed by atoms with Gasteiger partial charge in [0.25, 0.3) is 0 Å². The summed E-state index contributed by atoms with van der Waals surface area (Å²) in [5.74, 6) is 0. The van der Waals surface area contributed by atoms with E-state index in [9.17, 15) is 13.2 Å². The van der Waals surface area contributed by atoms with Gasteiger partial charge < -0.3 is 0 Å². The average molecular weight is 339 g/mol. The third-order valence-electron chi connectivity index (χ3n) is 3.87. The molecule has 18 heavy (non-hydrogen) atoms. The molecule has 0 amide bonds. The summed E-state index contributed by atoms with van der Waals surface area (Å²) in [6.07, 6.45) is -4.31. The third-order valence-corrected chi connectivity index (χ3v) is 10.1. The van der Waals surface area contributed by atoms with Gasteiger partial charge in [0.2, 0.25) is 0 Å². The summed E-state index contributed by atoms with van der Waals surface area (Å²) >= 11 is 2.98. The van der Waals surface area contributed by atoms with Crippen molar-refractivity contribution in [3.63, 3.8) is 0 Å². The van der Waals surface area contributed by atoms with Crippen LogP contribution in [0.5, 0.6) is 0 Å². The number of halogens is 4. The third kappa shape index (κ3) is 2.99. The first-order chi connectivity index (χ1) is 7.87. The zero-order valence-corrected chi connectivity index (χ0v) is 13.8. The zero-order valence-electron chi connectivity index (χ0n) is 11.2. The highest BCUT2D eigenvalue weighted by Gasteiger charge is 2.39. The van der Waals surface area contributed by atoms with Crippen LogP contribution in [-0.2, 0) is 6.18 Å². The standard InChI is InChI=1S/C13H18BrF3Si/c1-12(2,3)18(4,5)9-6-7-11(14)10(8-9)13(15,16)17/h6-8H,1-5H3. The van der Waals surface area contributed by atoms with Crippen molar-refractivity contribution in [3.8, 4) is 0 Å². The molecule has 0 fully saturated rings. The van der Waals surface area contributed by atoms with Crippen LogP contribution in [0.3, 0.4) is 0 Å². The molecule has 0 N–H and O–H groups in total. The lowest BCUT2D eigenvalue weighted by Gasteiger charge is -2.37. The lowest BCUT2D eigenvalue weighted by Crippen LogP contribution is -2.49. The van der Waals surface area contributed by atoms with Gasteiger partial charge in [-0.2, -0.15) is 13.2 Å². The van der Waals surface area contributed by atoms with Crippen LogP contribution in [-0.4, -0.2) is 8.07 Å². The second kappa shape index (κ2) is 4.67. The molecule has 0 bridgehead atoms. The van der Waals surface area contributed by atoms with Crippen molar-refractivity contribution in [2.75, 3.05) is 0 Å². The van der Waals surface area contributed by atoms with Crippen molar-refractivity contribution in [1.82, 2.24) is 0 Å². The summed E-state index contributed by atoms with van der Waals surface area (Å²) in [6.45, 7) is 10.5. The van der Waals surface area contributed by atoms with E-state index >= 15 is 0 Å². The Bertz CT molecular complexity index is 445. The summed E-state index contributed by atoms with van der Waals surface area (Å²) in [6, 6.07) is 4.64. The molecule has 0 aliphatic heterocycles. The molecular formula is C13H18BrF3Si. The molecule has 0 aliphatic carbocycles. The number of hydrogen-bond donors (Lipinski definition) is 0. The Morgan fingerprint density at radius 2 is 1.56 bits per heavy atom. The first-order valence-electron chi connectivity index (χ1n) is 5.74. The highest BCUT2D eigenvalue weighted by molar-refractivity contribution is 9.10. The predicted molar refractivity (Wildman–Crippen MR) is 76.0 cm³/mol. The number of alkyl halides is 3. The van der Waals surface area contributed by atoms with Gasteiger partial charge in [0.05, 0.1) is 13.6 Å². The van der Waals surface area contributed by atoms with Crippen molar-refractivity contribution < 1.29 is 13.2 Å². The van der Waals surface area contributed by atoms with E-state index in [1.807, 2.05) is 6.07 Å². The summed E-state index contributed by atoms with van der Waals surface area (Å²) in [7, 11) is -1.93. The van der Waals surface area contributed by atoms with Crippen LogP contribution in [0.1, 0.15) is 26.3 Å². The normalized spacial score (nSPS) is 13.8. The fourth-order valence-electron chi connectivity index (χ4n) is 1.56. The van der Waals surface area contributed by atoms with Crippen molar-refractivity contribution in [1.29, 1.82) is 0 Å². The fourth-order valence-corrected chi connectivity index (χ4v) is 3.91. The van der Waals surface area contributed by atoms with Crippen LogP contribution in [0.4, 0.5) is 13.2 Å². The first-order valence-corrected chi connectivity index (χ1v) is 9.54. The summed E-state index contributed by atoms with van der Waals surface area (Å²) in [4.78, 5) is 0. The molecule has 102 valence electrons. The summed E-state index contributed by atoms with van der Waals surface area (Å²) < 4.78 is 38.8. The van der Waals surface area contributed by atoms with Crippen molar-refractivity contribution in [2.45, 2.75) is 45.1 Å². The molecule has 0 unspecified atom stereocenters. The minimum Gasteiger partial charge on any atom is -0.166 e. The van der Waals surface area contributed by atoms with Crippen LogP contribution in [0.15, 0.2) is 22.7 Å². The smallest absolute Gasteiger partial charge is 0.166 e. The Labute approximate surface area is 116 Å². The average Bonchev–Trinajstić information content (AvgIpc) is 2.14. The Morgan fingerprint density at radius 1 is 1.06 bits per heavy atom. The second-order valence-electron chi connectivity index (χ2n) is 6.07. The number of benzene rings is 1. The monoisotopic (exact) mass is 338 g/mol. The number of rotatable bonds is 1. The van der Waals surface area contributed by atoms with E-state index in [0.717, 1.165) is 5.19 Å². The molecule has 5 heteroatoms. The van der Waals surface area contributed by atoms with Gasteiger partial charge in [0, 0.05) is 4.47 Å². The Hall–Kier alpha value is -0.293. The maximum Gasteiger partial charge on any atom is 0.417 e. The van der Waals surface area contributed by atoms with Gasteiger partial charge in [-0.15, -0.1) is 0 Å². The minimum atomic E-state index is -4.31. The summed E-state index contributed by atoms with van der Waals surface area (Å²) in [5, 5.41) is 0.856. The molecule has 0 spiro atoms. The van der Waals surface area contributed by atoms with Crippen molar-refractivity contribution in [2.24, 2.45) is 0 Å². The van der Waals surface area contributed by atoms with Gasteiger partial charge in [0.1, 0.15) is 0 Å². The predicted octanol–water partition coefficient (Wildman–Crippen LogP) is 5.18. The molecule has 0 atom stereocenters. The SMILES string of the molecule is CC(C)(C)[Si](C)(C)c1ccc(Br)c(C(F)(F)F)c1.